The van der Waals surface area contributed by atoms with Crippen molar-refractivity contribution in [3.8, 4) is 0 Å². The summed E-state index contributed by atoms with van der Waals surface area (Å²) in [5.41, 5.74) is 0. The first-order valence-corrected chi connectivity index (χ1v) is 4.12. The fraction of sp³-hybridized carbons (Fsp3) is 0.333. The molecule has 0 heterocycles. The minimum Gasteiger partial charge on any atom is -0.345 e. The van der Waals surface area contributed by atoms with Crippen LogP contribution in [0, 0.1) is 39.5 Å². The summed E-state index contributed by atoms with van der Waals surface area (Å²) in [5.74, 6) is 0.676. The first kappa shape index (κ1) is 18.7. The van der Waals surface area contributed by atoms with Crippen LogP contribution in [0.15, 0.2) is 25.3 Å². The molecule has 0 N–H and O–H groups in total. The minimum atomic E-state index is 0. The van der Waals surface area contributed by atoms with Gasteiger partial charge < -0.3 is 27.7 Å². The first-order valence-electron chi connectivity index (χ1n) is 4.12. The summed E-state index contributed by atoms with van der Waals surface area (Å²) >= 11 is 0. The van der Waals surface area contributed by atoms with Crippen molar-refractivity contribution in [1.29, 1.82) is 0 Å². The average molecular weight is 220 g/mol. The second-order valence-electron chi connectivity index (χ2n) is 2.57. The maximum atomic E-state index is 3.69. The van der Waals surface area contributed by atoms with Gasteiger partial charge in [0, 0.05) is 0 Å². The second-order valence-corrected chi connectivity index (χ2v) is 2.57. The van der Waals surface area contributed by atoms with Gasteiger partial charge >= 0.3 is 17.1 Å². The molecule has 0 aliphatic rings. The largest absolute Gasteiger partial charge is 4.00 e. The molecule has 0 saturated heterocycles. The van der Waals surface area contributed by atoms with Crippen molar-refractivity contribution < 1.29 is 17.1 Å². The van der Waals surface area contributed by atoms with E-state index in [9.17, 15) is 0 Å². The summed E-state index contributed by atoms with van der Waals surface area (Å²) in [6.45, 7) is 21.7. The topological polar surface area (TPSA) is 0 Å². The van der Waals surface area contributed by atoms with Crippen molar-refractivity contribution in [2.24, 2.45) is 11.8 Å². The van der Waals surface area contributed by atoms with Crippen LogP contribution in [0.3, 0.4) is 0 Å². The summed E-state index contributed by atoms with van der Waals surface area (Å²) in [6, 6.07) is 0. The maximum Gasteiger partial charge on any atom is 4.00 e. The van der Waals surface area contributed by atoms with Crippen LogP contribution in [0.25, 0.3) is 0 Å². The van der Waals surface area contributed by atoms with Crippen molar-refractivity contribution in [2.45, 2.75) is 12.8 Å². The summed E-state index contributed by atoms with van der Waals surface area (Å²) in [4.78, 5) is 0. The predicted octanol–water partition coefficient (Wildman–Crippen LogP) is 3.69. The van der Waals surface area contributed by atoms with Gasteiger partial charge in [0.2, 0.25) is 0 Å². The zero-order chi connectivity index (χ0) is 9.98. The van der Waals surface area contributed by atoms with Crippen LogP contribution in [0.5, 0.6) is 0 Å². The van der Waals surface area contributed by atoms with Gasteiger partial charge in [-0.25, -0.2) is 12.8 Å². The van der Waals surface area contributed by atoms with Gasteiger partial charge in [-0.3, -0.25) is 0 Å². The Morgan fingerprint density at radius 3 is 1.15 bits per heavy atom. The zero-order valence-corrected chi connectivity index (χ0v) is 9.42. The van der Waals surface area contributed by atoms with Gasteiger partial charge in [0.1, 0.15) is 0 Å². The maximum absolute atomic E-state index is 3.69. The molecule has 0 nitrogen and oxygen atoms in total. The van der Waals surface area contributed by atoms with Gasteiger partial charge in [0.25, 0.3) is 0 Å². The number of hydrogen-bond donors (Lipinski definition) is 0. The molecule has 0 rings (SSSR count). The van der Waals surface area contributed by atoms with Crippen LogP contribution in [-0.4, -0.2) is 0 Å². The Bertz CT molecular complexity index is 93.7. The van der Waals surface area contributed by atoms with Crippen LogP contribution < -0.4 is 0 Å². The Morgan fingerprint density at radius 1 is 0.923 bits per heavy atom. The SMILES string of the molecule is C=CC([CH2-])C[CH2-].C=CC([CH2-])C[CH2-].[Fe+4]. The van der Waals surface area contributed by atoms with E-state index in [-0.39, 0.29) is 17.1 Å². The summed E-state index contributed by atoms with van der Waals surface area (Å²) in [7, 11) is 0. The van der Waals surface area contributed by atoms with Gasteiger partial charge in [-0.1, -0.05) is 0 Å². The molecule has 0 aromatic heterocycles. The molecule has 76 valence electrons. The molecule has 0 spiro atoms. The number of hydrogen-bond acceptors (Lipinski definition) is 0. The number of allylic oxidation sites excluding steroid dienone is 2. The van der Waals surface area contributed by atoms with Gasteiger partial charge in [-0.05, 0) is 0 Å². The third-order valence-electron chi connectivity index (χ3n) is 1.41. The van der Waals surface area contributed by atoms with Crippen LogP contribution in [0.2, 0.25) is 0 Å². The Morgan fingerprint density at radius 2 is 1.15 bits per heavy atom. The number of rotatable bonds is 4. The van der Waals surface area contributed by atoms with Crippen LogP contribution in [-0.2, 0) is 17.1 Å². The second kappa shape index (κ2) is 14.5. The standard InChI is InChI=1S/2C6H10.Fe/c2*1-4-6(3)5-2;/h2*4,6H,1-3,5H2;/q2*-2;+4. The van der Waals surface area contributed by atoms with E-state index < -0.39 is 0 Å². The fourth-order valence-electron chi connectivity index (χ4n) is 0.236. The molecule has 2 atom stereocenters. The Kier molecular flexibility index (Phi) is 20.9. The molecule has 0 radical (unpaired) electrons. The van der Waals surface area contributed by atoms with Crippen molar-refractivity contribution in [3.63, 3.8) is 0 Å². The molecule has 0 saturated carbocycles. The molecule has 2 unspecified atom stereocenters. The van der Waals surface area contributed by atoms with Gasteiger partial charge in [-0.15, -0.1) is 25.3 Å². The fourth-order valence-corrected chi connectivity index (χ4v) is 0.236. The van der Waals surface area contributed by atoms with Crippen molar-refractivity contribution in [3.05, 3.63) is 53.0 Å². The van der Waals surface area contributed by atoms with Crippen molar-refractivity contribution in [1.82, 2.24) is 0 Å². The summed E-state index contributed by atoms with van der Waals surface area (Å²) in [5, 5.41) is 0. The Hall–Kier alpha value is -0.000519. The minimum absolute atomic E-state index is 0. The third kappa shape index (κ3) is 18.7. The molecule has 0 aromatic rings. The van der Waals surface area contributed by atoms with E-state index in [4.69, 9.17) is 0 Å². The summed E-state index contributed by atoms with van der Waals surface area (Å²) in [6.07, 6.45) is 5.30. The van der Waals surface area contributed by atoms with Gasteiger partial charge in [-0.2, -0.15) is 11.8 Å². The zero-order valence-electron chi connectivity index (χ0n) is 8.32. The smallest absolute Gasteiger partial charge is 0.345 e. The molecule has 0 aliphatic carbocycles. The van der Waals surface area contributed by atoms with E-state index in [1.54, 1.807) is 12.2 Å². The summed E-state index contributed by atoms with van der Waals surface area (Å²) < 4.78 is 0. The molecule has 0 fully saturated rings. The van der Waals surface area contributed by atoms with Gasteiger partial charge in [0.15, 0.2) is 0 Å². The van der Waals surface area contributed by atoms with E-state index in [2.05, 4.69) is 40.9 Å². The van der Waals surface area contributed by atoms with Crippen molar-refractivity contribution in [2.75, 3.05) is 0 Å². The molecule has 0 aromatic carbocycles. The van der Waals surface area contributed by atoms with E-state index in [0.29, 0.717) is 11.8 Å². The third-order valence-corrected chi connectivity index (χ3v) is 1.41. The molecular formula is C12H20Fe. The van der Waals surface area contributed by atoms with Gasteiger partial charge in [0.05, 0.1) is 0 Å². The van der Waals surface area contributed by atoms with Crippen LogP contribution in [0.1, 0.15) is 12.8 Å². The molecular weight excluding hydrogens is 200 g/mol. The quantitative estimate of drug-likeness (QED) is 0.385. The van der Waals surface area contributed by atoms with E-state index in [1.165, 1.54) is 0 Å². The van der Waals surface area contributed by atoms with Crippen LogP contribution in [0.4, 0.5) is 0 Å². The van der Waals surface area contributed by atoms with Crippen LogP contribution >= 0.6 is 0 Å². The average Bonchev–Trinajstić information content (AvgIpc) is 2.16. The molecule has 13 heavy (non-hydrogen) atoms. The molecule has 0 aliphatic heterocycles. The predicted molar refractivity (Wildman–Crippen MR) is 58.0 cm³/mol. The molecule has 0 amide bonds. The van der Waals surface area contributed by atoms with Crippen molar-refractivity contribution >= 4 is 0 Å². The Labute approximate surface area is 95.0 Å². The normalized spacial score (nSPS) is 12.6. The molecule has 0 bridgehead atoms. The van der Waals surface area contributed by atoms with E-state index in [0.717, 1.165) is 12.8 Å². The first-order chi connectivity index (χ1) is 5.62. The Balaban J connectivity index is -0.000000143. The van der Waals surface area contributed by atoms with E-state index >= 15 is 0 Å². The monoisotopic (exact) mass is 220 g/mol. The van der Waals surface area contributed by atoms with E-state index in [1.807, 2.05) is 0 Å². The molecule has 1 heteroatoms.